The number of aromatic carboxylic acids is 1. The number of benzene rings is 2. The molecule has 6 nitrogen and oxygen atoms in total. The quantitative estimate of drug-likeness (QED) is 0.906. The van der Waals surface area contributed by atoms with Crippen molar-refractivity contribution in [3.05, 3.63) is 53.6 Å². The van der Waals surface area contributed by atoms with E-state index in [1.165, 1.54) is 41.3 Å². The Kier molecular flexibility index (Phi) is 4.31. The summed E-state index contributed by atoms with van der Waals surface area (Å²) in [6.07, 6.45) is 0. The maximum atomic E-state index is 11.8. The Morgan fingerprint density at radius 2 is 1.59 bits per heavy atom. The van der Waals surface area contributed by atoms with Gasteiger partial charge < -0.3 is 19.8 Å². The van der Waals surface area contributed by atoms with E-state index in [2.05, 4.69) is 0 Å². The summed E-state index contributed by atoms with van der Waals surface area (Å²) in [5, 5.41) is 18.7. The van der Waals surface area contributed by atoms with Crippen LogP contribution in [0.25, 0.3) is 0 Å². The van der Waals surface area contributed by atoms with Gasteiger partial charge in [0.05, 0.1) is 11.1 Å². The number of ether oxygens (including phenoxy) is 1. The zero-order valence-corrected chi connectivity index (χ0v) is 12.1. The first-order valence-electron chi connectivity index (χ1n) is 6.44. The number of hydrogen-bond acceptors (Lipinski definition) is 4. The van der Waals surface area contributed by atoms with Gasteiger partial charge in [0.2, 0.25) is 0 Å². The maximum absolute atomic E-state index is 11.8. The van der Waals surface area contributed by atoms with Gasteiger partial charge in [-0.25, -0.2) is 4.79 Å². The summed E-state index contributed by atoms with van der Waals surface area (Å²) in [4.78, 5) is 23.9. The van der Waals surface area contributed by atoms with Crippen molar-refractivity contribution in [1.82, 2.24) is 4.90 Å². The second kappa shape index (κ2) is 6.17. The van der Waals surface area contributed by atoms with Crippen molar-refractivity contribution in [1.29, 1.82) is 0 Å². The van der Waals surface area contributed by atoms with Gasteiger partial charge >= 0.3 is 5.97 Å². The summed E-state index contributed by atoms with van der Waals surface area (Å²) in [5.41, 5.74) is 0.334. The van der Waals surface area contributed by atoms with Gasteiger partial charge in [-0.05, 0) is 36.4 Å². The average molecular weight is 301 g/mol. The molecule has 0 saturated carbocycles. The highest BCUT2D eigenvalue weighted by molar-refractivity contribution is 5.96. The summed E-state index contributed by atoms with van der Waals surface area (Å²) in [6.45, 7) is 0. The van der Waals surface area contributed by atoms with Crippen LogP contribution in [0.4, 0.5) is 0 Å². The van der Waals surface area contributed by atoms with E-state index in [0.717, 1.165) is 0 Å². The summed E-state index contributed by atoms with van der Waals surface area (Å²) in [6, 6.07) is 10.2. The highest BCUT2D eigenvalue weighted by atomic mass is 16.5. The van der Waals surface area contributed by atoms with E-state index in [1.54, 1.807) is 20.2 Å². The Bertz CT molecular complexity index is 707. The number of rotatable bonds is 4. The van der Waals surface area contributed by atoms with Crippen molar-refractivity contribution in [3.63, 3.8) is 0 Å². The molecule has 0 atom stereocenters. The Morgan fingerprint density at radius 1 is 1.00 bits per heavy atom. The van der Waals surface area contributed by atoms with E-state index in [-0.39, 0.29) is 22.8 Å². The number of carbonyl (C=O) groups is 2. The molecule has 0 spiro atoms. The smallest absolute Gasteiger partial charge is 0.335 e. The number of carbonyl (C=O) groups excluding carboxylic acids is 1. The van der Waals surface area contributed by atoms with Crippen molar-refractivity contribution >= 4 is 11.9 Å². The van der Waals surface area contributed by atoms with E-state index >= 15 is 0 Å². The second-order valence-corrected chi connectivity index (χ2v) is 4.81. The second-order valence-electron chi connectivity index (χ2n) is 4.81. The van der Waals surface area contributed by atoms with Gasteiger partial charge in [0, 0.05) is 20.2 Å². The number of nitrogens with zero attached hydrogens (tertiary/aromatic N) is 1. The number of phenols is 1. The molecule has 0 aliphatic heterocycles. The fourth-order valence-electron chi connectivity index (χ4n) is 1.80. The molecule has 2 rings (SSSR count). The standard InChI is InChI=1S/C16H15NO5/c1-17(2)15(19)13-8-7-12(9-14(13)18)22-11-5-3-10(4-6-11)16(20)21/h3-9,18H,1-2H3,(H,20,21). The molecule has 0 bridgehead atoms. The van der Waals surface area contributed by atoms with Gasteiger partial charge in [-0.1, -0.05) is 0 Å². The van der Waals surface area contributed by atoms with Gasteiger partial charge in [-0.2, -0.15) is 0 Å². The molecule has 2 N–H and O–H groups in total. The lowest BCUT2D eigenvalue weighted by molar-refractivity contribution is 0.0696. The SMILES string of the molecule is CN(C)C(=O)c1ccc(Oc2ccc(C(=O)O)cc2)cc1O. The topological polar surface area (TPSA) is 87.1 Å². The van der Waals surface area contributed by atoms with Crippen molar-refractivity contribution in [2.75, 3.05) is 14.1 Å². The third-order valence-corrected chi connectivity index (χ3v) is 2.94. The fraction of sp³-hybridized carbons (Fsp3) is 0.125. The highest BCUT2D eigenvalue weighted by Gasteiger charge is 2.14. The van der Waals surface area contributed by atoms with Crippen molar-refractivity contribution in [3.8, 4) is 17.2 Å². The van der Waals surface area contributed by atoms with Crippen LogP contribution in [0.1, 0.15) is 20.7 Å². The lowest BCUT2D eigenvalue weighted by atomic mass is 10.1. The van der Waals surface area contributed by atoms with Crippen LogP contribution in [0, 0.1) is 0 Å². The molecule has 1 amide bonds. The Morgan fingerprint density at radius 3 is 2.09 bits per heavy atom. The summed E-state index contributed by atoms with van der Waals surface area (Å²) >= 11 is 0. The van der Waals surface area contributed by atoms with Crippen molar-refractivity contribution in [2.24, 2.45) is 0 Å². The zero-order valence-electron chi connectivity index (χ0n) is 12.1. The Balaban J connectivity index is 2.18. The van der Waals surface area contributed by atoms with Crippen LogP contribution in [-0.2, 0) is 0 Å². The molecule has 6 heteroatoms. The third kappa shape index (κ3) is 3.35. The van der Waals surface area contributed by atoms with E-state index in [1.807, 2.05) is 0 Å². The zero-order chi connectivity index (χ0) is 16.3. The lowest BCUT2D eigenvalue weighted by Crippen LogP contribution is -2.21. The number of carboxylic acid groups (broad SMARTS) is 1. The Labute approximate surface area is 127 Å². The monoisotopic (exact) mass is 301 g/mol. The van der Waals surface area contributed by atoms with E-state index in [0.29, 0.717) is 11.5 Å². The maximum Gasteiger partial charge on any atom is 0.335 e. The van der Waals surface area contributed by atoms with Crippen LogP contribution in [0.5, 0.6) is 17.2 Å². The highest BCUT2D eigenvalue weighted by Crippen LogP contribution is 2.28. The molecule has 0 fully saturated rings. The molecule has 2 aromatic carbocycles. The van der Waals surface area contributed by atoms with Crippen LogP contribution >= 0.6 is 0 Å². The first kappa shape index (κ1) is 15.4. The number of amides is 1. The lowest BCUT2D eigenvalue weighted by Gasteiger charge is -2.12. The molecular weight excluding hydrogens is 286 g/mol. The number of aromatic hydroxyl groups is 1. The van der Waals surface area contributed by atoms with Crippen LogP contribution in [0.15, 0.2) is 42.5 Å². The predicted molar refractivity (Wildman–Crippen MR) is 79.6 cm³/mol. The number of hydrogen-bond donors (Lipinski definition) is 2. The van der Waals surface area contributed by atoms with E-state index in [4.69, 9.17) is 9.84 Å². The van der Waals surface area contributed by atoms with Gasteiger partial charge in [0.1, 0.15) is 17.2 Å². The summed E-state index contributed by atoms with van der Waals surface area (Å²) in [7, 11) is 3.19. The minimum Gasteiger partial charge on any atom is -0.507 e. The van der Waals surface area contributed by atoms with E-state index in [9.17, 15) is 14.7 Å². The Hall–Kier alpha value is -3.02. The number of phenolic OH excluding ortho intramolecular Hbond substituents is 1. The molecular formula is C16H15NO5. The largest absolute Gasteiger partial charge is 0.507 e. The van der Waals surface area contributed by atoms with Crippen LogP contribution in [0.2, 0.25) is 0 Å². The van der Waals surface area contributed by atoms with Gasteiger partial charge in [0.15, 0.2) is 0 Å². The first-order valence-corrected chi connectivity index (χ1v) is 6.44. The molecule has 0 aromatic heterocycles. The van der Waals surface area contributed by atoms with Gasteiger partial charge in [0.25, 0.3) is 5.91 Å². The normalized spacial score (nSPS) is 10.1. The van der Waals surface area contributed by atoms with Gasteiger partial charge in [-0.15, -0.1) is 0 Å². The van der Waals surface area contributed by atoms with Crippen molar-refractivity contribution in [2.45, 2.75) is 0 Å². The van der Waals surface area contributed by atoms with Crippen LogP contribution in [0.3, 0.4) is 0 Å². The molecule has 22 heavy (non-hydrogen) atoms. The summed E-state index contributed by atoms with van der Waals surface area (Å²) in [5.74, 6) is -0.740. The van der Waals surface area contributed by atoms with Crippen LogP contribution in [-0.4, -0.2) is 41.1 Å². The molecule has 0 saturated heterocycles. The molecule has 0 aliphatic rings. The average Bonchev–Trinajstić information content (AvgIpc) is 2.47. The first-order chi connectivity index (χ1) is 10.4. The minimum absolute atomic E-state index is 0.155. The third-order valence-electron chi connectivity index (χ3n) is 2.94. The summed E-state index contributed by atoms with van der Waals surface area (Å²) < 4.78 is 5.51. The van der Waals surface area contributed by atoms with Gasteiger partial charge in [-0.3, -0.25) is 4.79 Å². The molecule has 2 aromatic rings. The van der Waals surface area contributed by atoms with Crippen molar-refractivity contribution < 1.29 is 24.5 Å². The molecule has 0 radical (unpaired) electrons. The number of carboxylic acids is 1. The van der Waals surface area contributed by atoms with Crippen LogP contribution < -0.4 is 4.74 Å². The fourth-order valence-corrected chi connectivity index (χ4v) is 1.80. The molecule has 0 heterocycles. The molecule has 0 aliphatic carbocycles. The minimum atomic E-state index is -1.02. The van der Waals surface area contributed by atoms with E-state index < -0.39 is 5.97 Å². The molecule has 114 valence electrons. The molecule has 0 unspecified atom stereocenters. The predicted octanol–water partition coefficient (Wildman–Crippen LogP) is 2.58.